The Labute approximate surface area is 95.6 Å². The first-order valence-corrected chi connectivity index (χ1v) is 7.13. The Morgan fingerprint density at radius 3 is 2.33 bits per heavy atom. The molecule has 0 aromatic rings. The van der Waals surface area contributed by atoms with Crippen LogP contribution < -0.4 is 0 Å². The second-order valence-electron chi connectivity index (χ2n) is 3.79. The third kappa shape index (κ3) is 3.43. The molecule has 88 valence electrons. The van der Waals surface area contributed by atoms with Crippen LogP contribution in [0.15, 0.2) is 0 Å². The highest BCUT2D eigenvalue weighted by Gasteiger charge is 2.29. The molecule has 0 N–H and O–H groups in total. The van der Waals surface area contributed by atoms with Gasteiger partial charge in [-0.25, -0.2) is 12.7 Å². The van der Waals surface area contributed by atoms with Gasteiger partial charge >= 0.3 is 0 Å². The van der Waals surface area contributed by atoms with Crippen molar-refractivity contribution in [2.24, 2.45) is 5.92 Å². The summed E-state index contributed by atoms with van der Waals surface area (Å²) in [6.45, 7) is 2.68. The third-order valence-corrected chi connectivity index (χ3v) is 5.02. The van der Waals surface area contributed by atoms with E-state index in [0.717, 1.165) is 0 Å². The summed E-state index contributed by atoms with van der Waals surface area (Å²) in [5, 5.41) is -0.345. The van der Waals surface area contributed by atoms with Gasteiger partial charge in [-0.15, -0.1) is 0 Å². The molecule has 1 rings (SSSR count). The lowest BCUT2D eigenvalue weighted by molar-refractivity contribution is -0.116. The first-order chi connectivity index (χ1) is 6.97. The van der Waals surface area contributed by atoms with E-state index in [1.54, 1.807) is 0 Å². The summed E-state index contributed by atoms with van der Waals surface area (Å²) >= 11 is 5.37. The summed E-state index contributed by atoms with van der Waals surface area (Å²) in [6.07, 6.45) is 1.72. The molecule has 0 atom stereocenters. The fraction of sp³-hybridized carbons (Fsp3) is 0.889. The largest absolute Gasteiger partial charge is 0.281 e. The first kappa shape index (κ1) is 12.9. The smallest absolute Gasteiger partial charge is 0.224 e. The second kappa shape index (κ2) is 5.27. The van der Waals surface area contributed by atoms with Crippen molar-refractivity contribution in [3.8, 4) is 0 Å². The van der Waals surface area contributed by atoms with Crippen molar-refractivity contribution in [3.05, 3.63) is 0 Å². The number of rotatable bonds is 4. The summed E-state index contributed by atoms with van der Waals surface area (Å²) in [4.78, 5) is 10.9. The fourth-order valence-electron chi connectivity index (χ4n) is 1.75. The Hall–Kier alpha value is -0.130. The molecule has 0 aromatic heterocycles. The molecular formula is C9H16ClNO3S. The highest BCUT2D eigenvalue weighted by molar-refractivity contribution is 7.89. The van der Waals surface area contributed by atoms with Gasteiger partial charge in [0.05, 0.1) is 5.75 Å². The van der Waals surface area contributed by atoms with Crippen LogP contribution in [0, 0.1) is 5.92 Å². The van der Waals surface area contributed by atoms with Crippen LogP contribution in [-0.4, -0.2) is 36.8 Å². The van der Waals surface area contributed by atoms with Crippen LogP contribution >= 0.6 is 11.6 Å². The molecule has 6 heteroatoms. The van der Waals surface area contributed by atoms with Crippen LogP contribution in [-0.2, 0) is 14.8 Å². The van der Waals surface area contributed by atoms with E-state index in [1.165, 1.54) is 4.31 Å². The molecule has 1 aliphatic rings. The van der Waals surface area contributed by atoms with Crippen molar-refractivity contribution >= 4 is 26.9 Å². The van der Waals surface area contributed by atoms with Crippen molar-refractivity contribution in [3.63, 3.8) is 0 Å². The van der Waals surface area contributed by atoms with Crippen molar-refractivity contribution in [1.29, 1.82) is 0 Å². The summed E-state index contributed by atoms with van der Waals surface area (Å²) < 4.78 is 24.8. The average molecular weight is 254 g/mol. The molecule has 0 aliphatic carbocycles. The maximum atomic E-state index is 11.7. The fourth-order valence-corrected chi connectivity index (χ4v) is 3.51. The summed E-state index contributed by atoms with van der Waals surface area (Å²) in [5.41, 5.74) is 0. The lowest BCUT2D eigenvalue weighted by Gasteiger charge is -2.29. The van der Waals surface area contributed by atoms with E-state index in [4.69, 9.17) is 11.6 Å². The van der Waals surface area contributed by atoms with Crippen LogP contribution in [0.3, 0.4) is 0 Å². The molecule has 0 radical (unpaired) electrons. The zero-order chi connectivity index (χ0) is 11.5. The van der Waals surface area contributed by atoms with Crippen molar-refractivity contribution in [2.45, 2.75) is 26.2 Å². The van der Waals surface area contributed by atoms with Crippen LogP contribution in [0.5, 0.6) is 0 Å². The number of halogens is 1. The molecule has 15 heavy (non-hydrogen) atoms. The van der Waals surface area contributed by atoms with Gasteiger partial charge < -0.3 is 0 Å². The maximum absolute atomic E-state index is 11.7. The van der Waals surface area contributed by atoms with Crippen LogP contribution in [0.1, 0.15) is 26.2 Å². The van der Waals surface area contributed by atoms with E-state index >= 15 is 0 Å². The Morgan fingerprint density at radius 2 is 1.93 bits per heavy atom. The molecular weight excluding hydrogens is 238 g/mol. The van der Waals surface area contributed by atoms with Crippen molar-refractivity contribution < 1.29 is 13.2 Å². The molecule has 0 bridgehead atoms. The zero-order valence-electron chi connectivity index (χ0n) is 8.78. The molecule has 1 fully saturated rings. The van der Waals surface area contributed by atoms with Gasteiger partial charge in [0.25, 0.3) is 0 Å². The number of piperidine rings is 1. The molecule has 0 unspecified atom stereocenters. The van der Waals surface area contributed by atoms with Crippen LogP contribution in [0.25, 0.3) is 0 Å². The van der Waals surface area contributed by atoms with E-state index in [0.29, 0.717) is 32.4 Å². The second-order valence-corrected chi connectivity index (χ2v) is 6.25. The Kier molecular flexibility index (Phi) is 4.55. The normalized spacial score (nSPS) is 20.4. The maximum Gasteiger partial charge on any atom is 0.224 e. The Morgan fingerprint density at radius 1 is 1.40 bits per heavy atom. The van der Waals surface area contributed by atoms with Gasteiger partial charge in [0.1, 0.15) is 0 Å². The number of nitrogens with zero attached hydrogens (tertiary/aromatic N) is 1. The topological polar surface area (TPSA) is 54.5 Å². The predicted molar refractivity (Wildman–Crippen MR) is 59.2 cm³/mol. The number of hydrogen-bond acceptors (Lipinski definition) is 3. The van der Waals surface area contributed by atoms with Crippen molar-refractivity contribution in [2.75, 3.05) is 18.8 Å². The van der Waals surface area contributed by atoms with Gasteiger partial charge in [-0.1, -0.05) is 6.92 Å². The molecule has 0 amide bonds. The summed E-state index contributed by atoms with van der Waals surface area (Å²) in [7, 11) is -3.10. The highest BCUT2D eigenvalue weighted by atomic mass is 35.5. The van der Waals surface area contributed by atoms with Gasteiger partial charge in [-0.3, -0.25) is 4.79 Å². The number of sulfonamides is 1. The van der Waals surface area contributed by atoms with Crippen LogP contribution in [0.4, 0.5) is 0 Å². The van der Waals surface area contributed by atoms with Gasteiger partial charge in [0.15, 0.2) is 0 Å². The first-order valence-electron chi connectivity index (χ1n) is 5.14. The van der Waals surface area contributed by atoms with Gasteiger partial charge in [-0.2, -0.15) is 0 Å². The lowest BCUT2D eigenvalue weighted by atomic mass is 10.00. The summed E-state index contributed by atoms with van der Waals surface area (Å²) in [5.74, 6) is 0.0201. The minimum absolute atomic E-state index is 0.167. The minimum atomic E-state index is -3.10. The predicted octanol–water partition coefficient (Wildman–Crippen LogP) is 1.20. The van der Waals surface area contributed by atoms with E-state index in [9.17, 15) is 13.2 Å². The van der Waals surface area contributed by atoms with E-state index in [-0.39, 0.29) is 16.9 Å². The van der Waals surface area contributed by atoms with E-state index in [1.807, 2.05) is 6.92 Å². The molecule has 0 saturated carbocycles. The van der Waals surface area contributed by atoms with Crippen LogP contribution in [0.2, 0.25) is 0 Å². The number of hydrogen-bond donors (Lipinski definition) is 0. The molecule has 0 aromatic carbocycles. The monoisotopic (exact) mass is 253 g/mol. The van der Waals surface area contributed by atoms with E-state index < -0.39 is 10.0 Å². The standard InChI is InChI=1S/C9H16ClNO3S/c1-2-7-15(13,14)11-5-3-8(4-6-11)9(10)12/h8H,2-7H2,1H3. The number of carbonyl (C=O) groups is 1. The Bertz CT molecular complexity index is 320. The molecule has 1 saturated heterocycles. The zero-order valence-corrected chi connectivity index (χ0v) is 10.4. The van der Waals surface area contributed by atoms with Gasteiger partial charge in [-0.05, 0) is 30.9 Å². The van der Waals surface area contributed by atoms with Gasteiger partial charge in [0, 0.05) is 19.0 Å². The highest BCUT2D eigenvalue weighted by Crippen LogP contribution is 2.21. The quantitative estimate of drug-likeness (QED) is 0.708. The lowest BCUT2D eigenvalue weighted by Crippen LogP contribution is -2.40. The SMILES string of the molecule is CCCS(=O)(=O)N1CCC(C(=O)Cl)CC1. The average Bonchev–Trinajstić information content (AvgIpc) is 2.18. The minimum Gasteiger partial charge on any atom is -0.281 e. The number of carbonyl (C=O) groups excluding carboxylic acids is 1. The molecule has 1 heterocycles. The van der Waals surface area contributed by atoms with Crippen molar-refractivity contribution in [1.82, 2.24) is 4.31 Å². The van der Waals surface area contributed by atoms with E-state index in [2.05, 4.69) is 0 Å². The molecule has 1 aliphatic heterocycles. The molecule has 4 nitrogen and oxygen atoms in total. The molecule has 0 spiro atoms. The van der Waals surface area contributed by atoms with Gasteiger partial charge in [0.2, 0.25) is 15.3 Å². The summed E-state index contributed by atoms with van der Waals surface area (Å²) in [6, 6.07) is 0. The Balaban J connectivity index is 2.54. The third-order valence-electron chi connectivity index (χ3n) is 2.63.